The second kappa shape index (κ2) is 12.2. The van der Waals surface area contributed by atoms with E-state index in [-0.39, 0.29) is 47.1 Å². The van der Waals surface area contributed by atoms with Crippen molar-refractivity contribution in [1.82, 2.24) is 26.2 Å². The molecule has 4 aliphatic heterocycles. The summed E-state index contributed by atoms with van der Waals surface area (Å²) in [5.41, 5.74) is -0.132. The van der Waals surface area contributed by atoms with Crippen LogP contribution in [-0.4, -0.2) is 85.5 Å². The quantitative estimate of drug-likeness (QED) is 0.418. The van der Waals surface area contributed by atoms with Crippen molar-refractivity contribution in [1.29, 1.82) is 5.26 Å². The van der Waals surface area contributed by atoms with Crippen LogP contribution in [-0.2, 0) is 14.3 Å². The van der Waals surface area contributed by atoms with Crippen molar-refractivity contribution in [3.63, 3.8) is 0 Å². The summed E-state index contributed by atoms with van der Waals surface area (Å²) in [5, 5.41) is 23.7. The van der Waals surface area contributed by atoms with Crippen LogP contribution >= 0.6 is 11.8 Å². The van der Waals surface area contributed by atoms with E-state index in [0.717, 1.165) is 71.1 Å². The van der Waals surface area contributed by atoms with Crippen LogP contribution in [0.25, 0.3) is 0 Å². The highest BCUT2D eigenvalue weighted by atomic mass is 32.2. The number of nitrogens with zero attached hydrogens (tertiary/aromatic N) is 2. The Morgan fingerprint density at radius 3 is 2.68 bits per heavy atom. The van der Waals surface area contributed by atoms with E-state index in [4.69, 9.17) is 4.74 Å². The molecule has 4 heterocycles. The first-order chi connectivity index (χ1) is 18.0. The van der Waals surface area contributed by atoms with E-state index in [9.17, 15) is 14.9 Å². The predicted octanol–water partition coefficient (Wildman–Crippen LogP) is 1.26. The molecular weight excluding hydrogens is 488 g/mol. The number of rotatable bonds is 5. The molecule has 0 bridgehead atoms. The van der Waals surface area contributed by atoms with Crippen LogP contribution in [0.5, 0.6) is 0 Å². The zero-order chi connectivity index (χ0) is 25.9. The van der Waals surface area contributed by atoms with Crippen LogP contribution < -0.4 is 21.3 Å². The number of likely N-dealkylation sites (tertiary alicyclic amines) is 1. The van der Waals surface area contributed by atoms with Gasteiger partial charge < -0.3 is 25.6 Å². The molecule has 206 valence electrons. The van der Waals surface area contributed by atoms with Crippen molar-refractivity contribution in [2.75, 3.05) is 39.8 Å². The zero-order valence-corrected chi connectivity index (χ0v) is 23.1. The number of nitriles is 1. The average molecular weight is 533 g/mol. The molecule has 9 unspecified atom stereocenters. The number of ether oxygens (including phenoxy) is 1. The van der Waals surface area contributed by atoms with E-state index in [1.807, 2.05) is 0 Å². The van der Waals surface area contributed by atoms with Crippen molar-refractivity contribution >= 4 is 23.6 Å². The van der Waals surface area contributed by atoms with Crippen LogP contribution in [0.15, 0.2) is 0 Å². The highest BCUT2D eigenvalue weighted by Gasteiger charge is 2.46. The van der Waals surface area contributed by atoms with Gasteiger partial charge >= 0.3 is 0 Å². The molecule has 1 saturated carbocycles. The van der Waals surface area contributed by atoms with Crippen LogP contribution in [0.1, 0.15) is 51.9 Å². The van der Waals surface area contributed by atoms with E-state index >= 15 is 0 Å². The number of methoxy groups -OCH3 is 1. The average Bonchev–Trinajstić information content (AvgIpc) is 3.34. The fourth-order valence-electron chi connectivity index (χ4n) is 7.43. The lowest BCUT2D eigenvalue weighted by Crippen LogP contribution is -2.56. The van der Waals surface area contributed by atoms with Crippen molar-refractivity contribution < 1.29 is 14.3 Å². The van der Waals surface area contributed by atoms with Crippen LogP contribution in [0.3, 0.4) is 0 Å². The van der Waals surface area contributed by atoms with Gasteiger partial charge in [-0.15, -0.1) is 11.8 Å². The van der Waals surface area contributed by atoms with Crippen molar-refractivity contribution in [3.8, 4) is 6.07 Å². The molecule has 1 aliphatic carbocycles. The number of amides is 2. The highest BCUT2D eigenvalue weighted by molar-refractivity contribution is 8.00. The number of carbonyl (C=O) groups excluding carboxylic acids is 2. The molecule has 5 aliphatic rings. The van der Waals surface area contributed by atoms with Gasteiger partial charge in [-0.05, 0) is 76.8 Å². The van der Waals surface area contributed by atoms with Gasteiger partial charge in [0, 0.05) is 55.9 Å². The van der Waals surface area contributed by atoms with E-state index in [0.29, 0.717) is 29.8 Å². The van der Waals surface area contributed by atoms with Crippen molar-refractivity contribution in [2.45, 2.75) is 80.8 Å². The third-order valence-corrected chi connectivity index (χ3v) is 10.9. The van der Waals surface area contributed by atoms with Gasteiger partial charge in [-0.1, -0.05) is 0 Å². The molecule has 5 rings (SSSR count). The minimum absolute atomic E-state index is 0.0519. The van der Waals surface area contributed by atoms with Crippen LogP contribution in [0.2, 0.25) is 0 Å². The summed E-state index contributed by atoms with van der Waals surface area (Å²) in [4.78, 5) is 28.8. The van der Waals surface area contributed by atoms with Gasteiger partial charge in [0.2, 0.25) is 11.8 Å². The smallest absolute Gasteiger partial charge is 0.226 e. The van der Waals surface area contributed by atoms with E-state index in [1.165, 1.54) is 0 Å². The molecule has 9 nitrogen and oxygen atoms in total. The Labute approximate surface area is 225 Å². The number of hydrogen-bond donors (Lipinski definition) is 4. The van der Waals surface area contributed by atoms with E-state index < -0.39 is 0 Å². The van der Waals surface area contributed by atoms with Crippen LogP contribution in [0.4, 0.5) is 0 Å². The predicted molar refractivity (Wildman–Crippen MR) is 143 cm³/mol. The first-order valence-corrected chi connectivity index (χ1v) is 15.3. The van der Waals surface area contributed by atoms with Crippen LogP contribution in [0, 0.1) is 40.9 Å². The number of nitrogens with one attached hydrogen (secondary N) is 4. The van der Waals surface area contributed by atoms with Gasteiger partial charge in [-0.25, -0.2) is 0 Å². The fraction of sp³-hybridized carbons (Fsp3) is 0.889. The van der Waals surface area contributed by atoms with Crippen molar-refractivity contribution in [3.05, 3.63) is 0 Å². The maximum atomic E-state index is 13.7. The standard InChI is InChI=1S/C27H44N6O3S/c1-16-11-19(20-12-17(13-28)3-4-23(20)36-2)21(14-30-16)25(34)32-27-31-22-7-10-33(15-24(22)37-27)26(35)18-5-8-29-9-6-18/h16-24,27,29-31H,3-12,14-15H2,1-2H3,(H,32,34). The van der Waals surface area contributed by atoms with Gasteiger partial charge in [0.05, 0.1) is 18.1 Å². The highest BCUT2D eigenvalue weighted by Crippen LogP contribution is 2.42. The largest absolute Gasteiger partial charge is 0.381 e. The van der Waals surface area contributed by atoms with Gasteiger partial charge in [-0.3, -0.25) is 14.9 Å². The Kier molecular flexibility index (Phi) is 8.97. The first-order valence-electron chi connectivity index (χ1n) is 14.3. The molecule has 2 amide bonds. The molecule has 4 N–H and O–H groups in total. The van der Waals surface area contributed by atoms with Crippen molar-refractivity contribution in [2.24, 2.45) is 29.6 Å². The van der Waals surface area contributed by atoms with E-state index in [1.54, 1.807) is 18.9 Å². The minimum Gasteiger partial charge on any atom is -0.381 e. The van der Waals surface area contributed by atoms with E-state index in [2.05, 4.69) is 39.2 Å². The summed E-state index contributed by atoms with van der Waals surface area (Å²) in [6, 6.07) is 3.14. The normalized spacial score (nSPS) is 41.0. The maximum Gasteiger partial charge on any atom is 0.226 e. The fourth-order valence-corrected chi connectivity index (χ4v) is 8.88. The maximum absolute atomic E-state index is 13.7. The monoisotopic (exact) mass is 532 g/mol. The Morgan fingerprint density at radius 1 is 1.11 bits per heavy atom. The summed E-state index contributed by atoms with van der Waals surface area (Å²) in [6.07, 6.45) is 6.42. The number of hydrogen-bond acceptors (Lipinski definition) is 8. The zero-order valence-electron chi connectivity index (χ0n) is 22.3. The lowest BCUT2D eigenvalue weighted by atomic mass is 9.66. The molecule has 4 saturated heterocycles. The number of piperidine rings is 3. The molecule has 0 aromatic heterocycles. The summed E-state index contributed by atoms with van der Waals surface area (Å²) in [6.45, 7) is 6.26. The molecule has 0 radical (unpaired) electrons. The summed E-state index contributed by atoms with van der Waals surface area (Å²) in [5.74, 6) is 0.894. The lowest BCUT2D eigenvalue weighted by molar-refractivity contribution is -0.137. The second-order valence-electron chi connectivity index (χ2n) is 11.8. The SMILES string of the molecule is COC1CCC(C#N)CC1C1CC(C)NCC1C(=O)NC1NC2CCN(C(=O)C3CCNCC3)CC2S1. The number of carbonyl (C=O) groups is 2. The second-order valence-corrected chi connectivity index (χ2v) is 13.2. The van der Waals surface area contributed by atoms with Gasteiger partial charge in [0.1, 0.15) is 5.50 Å². The third kappa shape index (κ3) is 6.11. The molecule has 0 spiro atoms. The Morgan fingerprint density at radius 2 is 1.92 bits per heavy atom. The Balaban J connectivity index is 1.19. The van der Waals surface area contributed by atoms with Gasteiger partial charge in [0.15, 0.2) is 0 Å². The summed E-state index contributed by atoms with van der Waals surface area (Å²) in [7, 11) is 1.77. The van der Waals surface area contributed by atoms with Gasteiger partial charge in [-0.2, -0.15) is 5.26 Å². The molecule has 0 aromatic rings. The first kappa shape index (κ1) is 27.2. The molecular formula is C27H44N6O3S. The number of fused-ring (bicyclic) bond motifs is 1. The minimum atomic E-state index is -0.140. The molecule has 0 aromatic carbocycles. The van der Waals surface area contributed by atoms with Gasteiger partial charge in [0.25, 0.3) is 0 Å². The molecule has 9 atom stereocenters. The Hall–Kier alpha value is -1.38. The molecule has 37 heavy (non-hydrogen) atoms. The lowest BCUT2D eigenvalue weighted by Gasteiger charge is -2.44. The topological polar surface area (TPSA) is 119 Å². The summed E-state index contributed by atoms with van der Waals surface area (Å²) < 4.78 is 5.87. The number of thioether (sulfide) groups is 1. The third-order valence-electron chi connectivity index (χ3n) is 9.54. The molecule has 5 fully saturated rings. The Bertz CT molecular complexity index is 864. The summed E-state index contributed by atoms with van der Waals surface area (Å²) >= 11 is 1.76. The molecule has 10 heteroatoms.